The molecule has 16 heavy (non-hydrogen) atoms. The van der Waals surface area contributed by atoms with Gasteiger partial charge in [0.1, 0.15) is 0 Å². The lowest BCUT2D eigenvalue weighted by Gasteiger charge is -2.29. The molecule has 1 atom stereocenters. The highest BCUT2D eigenvalue weighted by Crippen LogP contribution is 2.27. The van der Waals surface area contributed by atoms with Crippen molar-refractivity contribution in [1.29, 1.82) is 0 Å². The van der Waals surface area contributed by atoms with Crippen LogP contribution in [0.1, 0.15) is 57.8 Å². The van der Waals surface area contributed by atoms with Crippen molar-refractivity contribution in [2.45, 2.75) is 69.9 Å². The summed E-state index contributed by atoms with van der Waals surface area (Å²) in [5.41, 5.74) is 5.96. The predicted molar refractivity (Wildman–Crippen MR) is 64.9 cm³/mol. The number of hydrogen-bond acceptors (Lipinski definition) is 2. The van der Waals surface area contributed by atoms with Gasteiger partial charge in [0.15, 0.2) is 0 Å². The van der Waals surface area contributed by atoms with Gasteiger partial charge < -0.3 is 11.1 Å². The van der Waals surface area contributed by atoms with E-state index in [1.165, 1.54) is 38.5 Å². The Kier molecular flexibility index (Phi) is 4.22. The topological polar surface area (TPSA) is 55.1 Å². The van der Waals surface area contributed by atoms with E-state index in [4.69, 9.17) is 5.73 Å². The van der Waals surface area contributed by atoms with E-state index in [1.807, 2.05) is 0 Å². The van der Waals surface area contributed by atoms with Gasteiger partial charge in [0.2, 0.25) is 5.91 Å². The van der Waals surface area contributed by atoms with Gasteiger partial charge in [-0.1, -0.05) is 32.1 Å². The molecule has 3 N–H and O–H groups in total. The van der Waals surface area contributed by atoms with Gasteiger partial charge in [-0.25, -0.2) is 0 Å². The van der Waals surface area contributed by atoms with Crippen molar-refractivity contribution < 1.29 is 4.79 Å². The molecule has 0 spiro atoms. The zero-order chi connectivity index (χ0) is 11.4. The first-order valence-corrected chi connectivity index (χ1v) is 6.81. The molecule has 3 nitrogen and oxygen atoms in total. The molecule has 0 bridgehead atoms. The van der Waals surface area contributed by atoms with Gasteiger partial charge in [-0.2, -0.15) is 0 Å². The van der Waals surface area contributed by atoms with E-state index >= 15 is 0 Å². The summed E-state index contributed by atoms with van der Waals surface area (Å²) in [5.74, 6) is 0.770. The van der Waals surface area contributed by atoms with E-state index in [9.17, 15) is 4.79 Å². The van der Waals surface area contributed by atoms with Gasteiger partial charge in [-0.3, -0.25) is 4.79 Å². The van der Waals surface area contributed by atoms with E-state index in [1.54, 1.807) is 0 Å². The van der Waals surface area contributed by atoms with Crippen molar-refractivity contribution in [2.75, 3.05) is 0 Å². The molecule has 0 aromatic carbocycles. The van der Waals surface area contributed by atoms with Crippen LogP contribution in [-0.4, -0.2) is 18.0 Å². The minimum atomic E-state index is -0.274. The fraction of sp³-hybridized carbons (Fsp3) is 0.923. The summed E-state index contributed by atoms with van der Waals surface area (Å²) < 4.78 is 0. The van der Waals surface area contributed by atoms with Crippen LogP contribution in [0.15, 0.2) is 0 Å². The fourth-order valence-electron chi connectivity index (χ4n) is 2.75. The van der Waals surface area contributed by atoms with Crippen LogP contribution in [-0.2, 0) is 4.79 Å². The van der Waals surface area contributed by atoms with E-state index in [2.05, 4.69) is 5.32 Å². The maximum absolute atomic E-state index is 11.8. The summed E-state index contributed by atoms with van der Waals surface area (Å²) in [5, 5.41) is 3.04. The summed E-state index contributed by atoms with van der Waals surface area (Å²) in [6.45, 7) is 0. The molecular weight excluding hydrogens is 200 g/mol. The molecule has 2 aliphatic carbocycles. The van der Waals surface area contributed by atoms with Gasteiger partial charge in [-0.05, 0) is 31.6 Å². The predicted octanol–water partition coefficient (Wildman–Crippen LogP) is 1.95. The van der Waals surface area contributed by atoms with Gasteiger partial charge in [-0.15, -0.1) is 0 Å². The third kappa shape index (κ3) is 3.21. The summed E-state index contributed by atoms with van der Waals surface area (Å²) in [6, 6.07) is 0.147. The first-order chi connectivity index (χ1) is 7.75. The quantitative estimate of drug-likeness (QED) is 0.767. The Bertz CT molecular complexity index is 232. The van der Waals surface area contributed by atoms with Crippen LogP contribution in [0.25, 0.3) is 0 Å². The summed E-state index contributed by atoms with van der Waals surface area (Å²) in [4.78, 5) is 11.8. The van der Waals surface area contributed by atoms with Gasteiger partial charge in [0.05, 0.1) is 6.04 Å². The Hall–Kier alpha value is -0.570. The standard InChI is InChI=1S/C13H24N2O/c14-12(9-10-5-2-1-3-6-10)13(16)15-11-7-4-8-11/h10-12H,1-9,14H2,(H,15,16). The van der Waals surface area contributed by atoms with Crippen molar-refractivity contribution in [3.05, 3.63) is 0 Å². The van der Waals surface area contributed by atoms with Crippen molar-refractivity contribution in [2.24, 2.45) is 11.7 Å². The zero-order valence-corrected chi connectivity index (χ0v) is 10.1. The molecule has 0 aromatic heterocycles. The summed E-state index contributed by atoms with van der Waals surface area (Å²) in [7, 11) is 0. The van der Waals surface area contributed by atoms with Crippen LogP contribution in [0, 0.1) is 5.92 Å². The van der Waals surface area contributed by atoms with Crippen LogP contribution in [0.4, 0.5) is 0 Å². The lowest BCUT2D eigenvalue weighted by atomic mass is 9.84. The Balaban J connectivity index is 1.68. The van der Waals surface area contributed by atoms with Crippen molar-refractivity contribution in [1.82, 2.24) is 5.32 Å². The molecule has 0 aliphatic heterocycles. The number of nitrogens with two attached hydrogens (primary N) is 1. The molecule has 2 rings (SSSR count). The van der Waals surface area contributed by atoms with E-state index in [0.29, 0.717) is 12.0 Å². The second kappa shape index (κ2) is 5.67. The van der Waals surface area contributed by atoms with Crippen LogP contribution < -0.4 is 11.1 Å². The van der Waals surface area contributed by atoms with Gasteiger partial charge in [0.25, 0.3) is 0 Å². The molecule has 3 heteroatoms. The first-order valence-electron chi connectivity index (χ1n) is 6.81. The zero-order valence-electron chi connectivity index (χ0n) is 10.1. The van der Waals surface area contributed by atoms with E-state index in [0.717, 1.165) is 19.3 Å². The average molecular weight is 224 g/mol. The number of rotatable bonds is 4. The molecule has 0 saturated heterocycles. The number of nitrogens with one attached hydrogen (secondary N) is 1. The molecule has 0 aromatic rings. The third-order valence-electron chi connectivity index (χ3n) is 4.10. The maximum Gasteiger partial charge on any atom is 0.237 e. The highest BCUT2D eigenvalue weighted by atomic mass is 16.2. The molecular formula is C13H24N2O. The molecule has 2 fully saturated rings. The van der Waals surface area contributed by atoms with E-state index < -0.39 is 0 Å². The maximum atomic E-state index is 11.8. The number of carbonyl (C=O) groups is 1. The second-order valence-electron chi connectivity index (χ2n) is 5.48. The first kappa shape index (κ1) is 11.9. The van der Waals surface area contributed by atoms with Crippen molar-refractivity contribution >= 4 is 5.91 Å². The molecule has 1 unspecified atom stereocenters. The highest BCUT2D eigenvalue weighted by molar-refractivity contribution is 5.81. The summed E-state index contributed by atoms with van der Waals surface area (Å²) in [6.07, 6.45) is 11.0. The van der Waals surface area contributed by atoms with Crippen molar-refractivity contribution in [3.63, 3.8) is 0 Å². The number of carbonyl (C=O) groups excluding carboxylic acids is 1. The molecule has 0 heterocycles. The molecule has 92 valence electrons. The monoisotopic (exact) mass is 224 g/mol. The Morgan fingerprint density at radius 1 is 1.12 bits per heavy atom. The average Bonchev–Trinajstić information content (AvgIpc) is 2.24. The Morgan fingerprint density at radius 2 is 1.81 bits per heavy atom. The second-order valence-corrected chi connectivity index (χ2v) is 5.48. The van der Waals surface area contributed by atoms with Crippen LogP contribution >= 0.6 is 0 Å². The minimum Gasteiger partial charge on any atom is -0.352 e. The lowest BCUT2D eigenvalue weighted by Crippen LogP contribution is -2.48. The van der Waals surface area contributed by atoms with Gasteiger partial charge in [0, 0.05) is 6.04 Å². The third-order valence-corrected chi connectivity index (χ3v) is 4.10. The smallest absolute Gasteiger partial charge is 0.237 e. The minimum absolute atomic E-state index is 0.0790. The number of hydrogen-bond donors (Lipinski definition) is 2. The normalized spacial score (nSPS) is 24.8. The number of amides is 1. The molecule has 2 saturated carbocycles. The fourth-order valence-corrected chi connectivity index (χ4v) is 2.75. The summed E-state index contributed by atoms with van der Waals surface area (Å²) >= 11 is 0. The van der Waals surface area contributed by atoms with E-state index in [-0.39, 0.29) is 11.9 Å². The largest absolute Gasteiger partial charge is 0.352 e. The van der Waals surface area contributed by atoms with Crippen LogP contribution in [0.3, 0.4) is 0 Å². The molecule has 1 amide bonds. The molecule has 2 aliphatic rings. The SMILES string of the molecule is NC(CC1CCCCC1)C(=O)NC1CCC1. The van der Waals surface area contributed by atoms with Crippen molar-refractivity contribution in [3.8, 4) is 0 Å². The Morgan fingerprint density at radius 3 is 2.38 bits per heavy atom. The highest BCUT2D eigenvalue weighted by Gasteiger charge is 2.25. The Labute approximate surface area is 98.2 Å². The molecule has 0 radical (unpaired) electrons. The lowest BCUT2D eigenvalue weighted by molar-refractivity contribution is -0.124. The van der Waals surface area contributed by atoms with Crippen LogP contribution in [0.2, 0.25) is 0 Å². The van der Waals surface area contributed by atoms with Crippen LogP contribution in [0.5, 0.6) is 0 Å². The van der Waals surface area contributed by atoms with Gasteiger partial charge >= 0.3 is 0 Å².